The third-order valence-electron chi connectivity index (χ3n) is 3.93. The number of hydrogen-bond donors (Lipinski definition) is 1. The zero-order valence-corrected chi connectivity index (χ0v) is 12.1. The molecule has 2 rings (SSSR count). The molecule has 4 heteroatoms. The lowest BCUT2D eigenvalue weighted by atomic mass is 10.0. The van der Waals surface area contributed by atoms with Crippen molar-refractivity contribution in [3.63, 3.8) is 0 Å². The molecule has 1 aromatic rings. The second kappa shape index (κ2) is 7.29. The van der Waals surface area contributed by atoms with Gasteiger partial charge in [0.25, 0.3) is 0 Å². The van der Waals surface area contributed by atoms with Gasteiger partial charge in [0.2, 0.25) is 5.91 Å². The van der Waals surface area contributed by atoms with E-state index in [-0.39, 0.29) is 17.9 Å². The Balaban J connectivity index is 1.82. The van der Waals surface area contributed by atoms with Crippen LogP contribution in [0, 0.1) is 5.92 Å². The number of rotatable bonds is 5. The Bertz CT molecular complexity index is 410. The minimum atomic E-state index is -0.0263. The predicted molar refractivity (Wildman–Crippen MR) is 79.5 cm³/mol. The Labute approximate surface area is 120 Å². The molecule has 0 spiro atoms. The van der Waals surface area contributed by atoms with Crippen molar-refractivity contribution in [2.24, 2.45) is 11.7 Å². The van der Waals surface area contributed by atoms with E-state index in [1.165, 1.54) is 0 Å². The van der Waals surface area contributed by atoms with E-state index >= 15 is 0 Å². The van der Waals surface area contributed by atoms with Crippen LogP contribution in [0.25, 0.3) is 0 Å². The van der Waals surface area contributed by atoms with Crippen molar-refractivity contribution in [2.45, 2.75) is 32.3 Å². The topological polar surface area (TPSA) is 55.6 Å². The third-order valence-corrected chi connectivity index (χ3v) is 3.93. The third kappa shape index (κ3) is 3.73. The van der Waals surface area contributed by atoms with Gasteiger partial charge in [-0.25, -0.2) is 0 Å². The first kappa shape index (κ1) is 14.9. The minimum absolute atomic E-state index is 0.0263. The van der Waals surface area contributed by atoms with Gasteiger partial charge >= 0.3 is 0 Å². The lowest BCUT2D eigenvalue weighted by Gasteiger charge is -2.34. The van der Waals surface area contributed by atoms with Gasteiger partial charge in [-0.1, -0.05) is 25.1 Å². The molecule has 0 aliphatic carbocycles. The Morgan fingerprint density at radius 1 is 1.35 bits per heavy atom. The fraction of sp³-hybridized carbons (Fsp3) is 0.562. The number of carbonyl (C=O) groups excluding carboxylic acids is 1. The maximum absolute atomic E-state index is 12.2. The Hall–Kier alpha value is -1.55. The van der Waals surface area contributed by atoms with E-state index in [1.807, 2.05) is 42.2 Å². The molecule has 1 aromatic carbocycles. The number of nitrogens with zero attached hydrogens (tertiary/aromatic N) is 1. The first-order valence-corrected chi connectivity index (χ1v) is 7.45. The summed E-state index contributed by atoms with van der Waals surface area (Å²) in [7, 11) is 0. The standard InChI is InChI=1S/C16H24N2O2/c1-2-13(12-17)16(19)18-10-8-15(9-11-18)20-14-6-4-3-5-7-14/h3-7,13,15H,2,8-12,17H2,1H3. The van der Waals surface area contributed by atoms with Crippen LogP contribution >= 0.6 is 0 Å². The van der Waals surface area contributed by atoms with Gasteiger partial charge in [-0.3, -0.25) is 4.79 Å². The first-order chi connectivity index (χ1) is 9.74. The van der Waals surface area contributed by atoms with Gasteiger partial charge in [-0.2, -0.15) is 0 Å². The highest BCUT2D eigenvalue weighted by Gasteiger charge is 2.27. The number of likely N-dealkylation sites (tertiary alicyclic amines) is 1. The summed E-state index contributed by atoms with van der Waals surface area (Å²) in [5, 5.41) is 0. The minimum Gasteiger partial charge on any atom is -0.490 e. The second-order valence-corrected chi connectivity index (χ2v) is 5.30. The SMILES string of the molecule is CCC(CN)C(=O)N1CCC(Oc2ccccc2)CC1. The molecule has 1 aliphatic heterocycles. The lowest BCUT2D eigenvalue weighted by molar-refractivity contribution is -0.137. The molecule has 2 N–H and O–H groups in total. The van der Waals surface area contributed by atoms with Crippen LogP contribution in [0.1, 0.15) is 26.2 Å². The highest BCUT2D eigenvalue weighted by molar-refractivity contribution is 5.79. The molecular formula is C16H24N2O2. The van der Waals surface area contributed by atoms with Gasteiger partial charge in [-0.15, -0.1) is 0 Å². The molecule has 0 bridgehead atoms. The summed E-state index contributed by atoms with van der Waals surface area (Å²) in [4.78, 5) is 14.2. The van der Waals surface area contributed by atoms with Crippen LogP contribution in [0.3, 0.4) is 0 Å². The average molecular weight is 276 g/mol. The van der Waals surface area contributed by atoms with E-state index in [2.05, 4.69) is 0 Å². The zero-order valence-electron chi connectivity index (χ0n) is 12.1. The molecule has 0 radical (unpaired) electrons. The molecule has 4 nitrogen and oxygen atoms in total. The van der Waals surface area contributed by atoms with E-state index in [1.54, 1.807) is 0 Å². The van der Waals surface area contributed by atoms with Crippen molar-refractivity contribution in [1.82, 2.24) is 4.90 Å². The molecule has 20 heavy (non-hydrogen) atoms. The largest absolute Gasteiger partial charge is 0.490 e. The van der Waals surface area contributed by atoms with Crippen LogP contribution in [0.5, 0.6) is 5.75 Å². The highest BCUT2D eigenvalue weighted by atomic mass is 16.5. The number of piperidine rings is 1. The lowest BCUT2D eigenvalue weighted by Crippen LogP contribution is -2.45. The van der Waals surface area contributed by atoms with Gasteiger partial charge < -0.3 is 15.4 Å². The van der Waals surface area contributed by atoms with E-state index in [0.29, 0.717) is 6.54 Å². The molecule has 1 saturated heterocycles. The van der Waals surface area contributed by atoms with Crippen molar-refractivity contribution in [1.29, 1.82) is 0 Å². The molecule has 110 valence electrons. The second-order valence-electron chi connectivity index (χ2n) is 5.30. The number of para-hydroxylation sites is 1. The van der Waals surface area contributed by atoms with Crippen LogP contribution in [-0.4, -0.2) is 36.5 Å². The van der Waals surface area contributed by atoms with E-state index in [0.717, 1.165) is 38.1 Å². The Morgan fingerprint density at radius 3 is 2.55 bits per heavy atom. The normalized spacial score (nSPS) is 17.8. The van der Waals surface area contributed by atoms with Crippen LogP contribution < -0.4 is 10.5 Å². The summed E-state index contributed by atoms with van der Waals surface area (Å²) in [5.41, 5.74) is 5.65. The Morgan fingerprint density at radius 2 is 2.00 bits per heavy atom. The summed E-state index contributed by atoms with van der Waals surface area (Å²) in [6, 6.07) is 9.87. The fourth-order valence-corrected chi connectivity index (χ4v) is 2.59. The molecule has 0 aromatic heterocycles. The van der Waals surface area contributed by atoms with Gasteiger partial charge in [0.1, 0.15) is 11.9 Å². The maximum atomic E-state index is 12.2. The maximum Gasteiger partial charge on any atom is 0.226 e. The van der Waals surface area contributed by atoms with Crippen LogP contribution in [0.2, 0.25) is 0 Å². The number of benzene rings is 1. The van der Waals surface area contributed by atoms with Crippen molar-refractivity contribution >= 4 is 5.91 Å². The summed E-state index contributed by atoms with van der Waals surface area (Å²) in [6.45, 7) is 4.00. The quantitative estimate of drug-likeness (QED) is 0.895. The molecule has 1 heterocycles. The van der Waals surface area contributed by atoms with Crippen molar-refractivity contribution < 1.29 is 9.53 Å². The van der Waals surface area contributed by atoms with Crippen LogP contribution in [0.4, 0.5) is 0 Å². The molecule has 0 saturated carbocycles. The molecule has 1 amide bonds. The summed E-state index contributed by atoms with van der Waals surface area (Å²) in [6.07, 6.45) is 2.80. The van der Waals surface area contributed by atoms with Gasteiger partial charge in [0.05, 0.1) is 5.92 Å². The molecular weight excluding hydrogens is 252 g/mol. The summed E-state index contributed by atoms with van der Waals surface area (Å²) in [5.74, 6) is 1.08. The summed E-state index contributed by atoms with van der Waals surface area (Å²) < 4.78 is 5.93. The monoisotopic (exact) mass is 276 g/mol. The van der Waals surface area contributed by atoms with Crippen molar-refractivity contribution in [3.05, 3.63) is 30.3 Å². The number of amides is 1. The molecule has 1 unspecified atom stereocenters. The smallest absolute Gasteiger partial charge is 0.226 e. The fourth-order valence-electron chi connectivity index (χ4n) is 2.59. The molecule has 1 fully saturated rings. The van der Waals surface area contributed by atoms with Crippen LogP contribution in [-0.2, 0) is 4.79 Å². The van der Waals surface area contributed by atoms with E-state index < -0.39 is 0 Å². The van der Waals surface area contributed by atoms with Gasteiger partial charge in [-0.05, 0) is 18.6 Å². The van der Waals surface area contributed by atoms with Gasteiger partial charge in [0.15, 0.2) is 0 Å². The van der Waals surface area contributed by atoms with E-state index in [9.17, 15) is 4.79 Å². The first-order valence-electron chi connectivity index (χ1n) is 7.45. The van der Waals surface area contributed by atoms with Gasteiger partial charge in [0, 0.05) is 32.5 Å². The molecule has 1 atom stereocenters. The number of carbonyl (C=O) groups is 1. The highest BCUT2D eigenvalue weighted by Crippen LogP contribution is 2.20. The Kier molecular flexibility index (Phi) is 5.41. The average Bonchev–Trinajstić information content (AvgIpc) is 2.50. The number of nitrogens with two attached hydrogens (primary N) is 1. The van der Waals surface area contributed by atoms with Crippen LogP contribution in [0.15, 0.2) is 30.3 Å². The molecule has 1 aliphatic rings. The number of hydrogen-bond acceptors (Lipinski definition) is 3. The van der Waals surface area contributed by atoms with E-state index in [4.69, 9.17) is 10.5 Å². The van der Waals surface area contributed by atoms with Crippen molar-refractivity contribution in [3.8, 4) is 5.75 Å². The number of ether oxygens (including phenoxy) is 1. The summed E-state index contributed by atoms with van der Waals surface area (Å²) >= 11 is 0. The van der Waals surface area contributed by atoms with Crippen molar-refractivity contribution in [2.75, 3.05) is 19.6 Å². The predicted octanol–water partition coefficient (Wildman–Crippen LogP) is 2.04. The zero-order chi connectivity index (χ0) is 14.4.